The lowest BCUT2D eigenvalue weighted by molar-refractivity contribution is 0.700. The maximum absolute atomic E-state index is 12.5. The number of fused-ring (bicyclic) bond motifs is 3. The first-order valence-electron chi connectivity index (χ1n) is 7.93. The third kappa shape index (κ3) is 2.95. The summed E-state index contributed by atoms with van der Waals surface area (Å²) in [5.74, 6) is 0.821. The zero-order valence-electron chi connectivity index (χ0n) is 13.0. The molecule has 0 unspecified atom stereocenters. The summed E-state index contributed by atoms with van der Waals surface area (Å²) in [5.41, 5.74) is 3.79. The van der Waals surface area contributed by atoms with Crippen LogP contribution in [0.3, 0.4) is 0 Å². The van der Waals surface area contributed by atoms with Crippen molar-refractivity contribution in [3.05, 3.63) is 56.2 Å². The average molecular weight is 342 g/mol. The lowest BCUT2D eigenvalue weighted by atomic mass is 9.97. The van der Waals surface area contributed by atoms with E-state index in [9.17, 15) is 4.79 Å². The molecule has 1 aliphatic carbocycles. The quantitative estimate of drug-likeness (QED) is 0.564. The Morgan fingerprint density at radius 3 is 3.04 bits per heavy atom. The van der Waals surface area contributed by atoms with Gasteiger partial charge in [-0.25, -0.2) is 4.98 Å². The molecule has 1 N–H and O–H groups in total. The summed E-state index contributed by atoms with van der Waals surface area (Å²) >= 11 is 3.30. The Bertz CT molecular complexity index is 926. The molecule has 0 saturated carbocycles. The highest BCUT2D eigenvalue weighted by atomic mass is 32.2. The number of rotatable bonds is 3. The van der Waals surface area contributed by atoms with Crippen LogP contribution in [0.25, 0.3) is 10.2 Å². The van der Waals surface area contributed by atoms with Gasteiger partial charge in [0.25, 0.3) is 5.56 Å². The molecule has 3 nitrogen and oxygen atoms in total. The molecule has 1 aromatic carbocycles. The van der Waals surface area contributed by atoms with Gasteiger partial charge in [0.05, 0.1) is 5.39 Å². The van der Waals surface area contributed by atoms with E-state index in [1.165, 1.54) is 34.4 Å². The molecule has 0 spiro atoms. The highest BCUT2D eigenvalue weighted by Crippen LogP contribution is 2.34. The molecule has 0 radical (unpaired) electrons. The second-order valence-corrected chi connectivity index (χ2v) is 8.09. The molecule has 0 atom stereocenters. The van der Waals surface area contributed by atoms with E-state index in [1.807, 2.05) is 0 Å². The smallest absolute Gasteiger partial charge is 0.260 e. The predicted octanol–water partition coefficient (Wildman–Crippen LogP) is 4.46. The van der Waals surface area contributed by atoms with E-state index in [0.717, 1.165) is 34.0 Å². The summed E-state index contributed by atoms with van der Waals surface area (Å²) in [4.78, 5) is 22.5. The van der Waals surface area contributed by atoms with Crippen LogP contribution < -0.4 is 5.56 Å². The molecule has 0 aliphatic heterocycles. The standard InChI is InChI=1S/C18H18N2OS2/c1-11-5-4-6-12(9-11)10-22-18-19-16(21)15-13-7-2-3-8-14(13)23-17(15)20-18/h4-6,9H,2-3,7-8,10H2,1H3,(H,19,20,21). The SMILES string of the molecule is Cc1cccc(CSc2nc3sc4c(c3c(=O)[nH]2)CCCC4)c1. The number of benzene rings is 1. The normalized spacial score (nSPS) is 14.1. The number of nitrogens with one attached hydrogen (secondary N) is 1. The third-order valence-electron chi connectivity index (χ3n) is 4.26. The number of thiophene rings is 1. The molecule has 5 heteroatoms. The van der Waals surface area contributed by atoms with Crippen molar-refractivity contribution in [3.63, 3.8) is 0 Å². The fraction of sp³-hybridized carbons (Fsp3) is 0.333. The van der Waals surface area contributed by atoms with Gasteiger partial charge in [0, 0.05) is 10.6 Å². The van der Waals surface area contributed by atoms with Crippen LogP contribution in [-0.4, -0.2) is 9.97 Å². The van der Waals surface area contributed by atoms with Crippen LogP contribution in [0.4, 0.5) is 0 Å². The Kier molecular flexibility index (Phi) is 3.99. The van der Waals surface area contributed by atoms with Crippen molar-refractivity contribution in [2.75, 3.05) is 0 Å². The molecule has 118 valence electrons. The minimum atomic E-state index is 0.0288. The molecule has 2 heterocycles. The monoisotopic (exact) mass is 342 g/mol. The van der Waals surface area contributed by atoms with Gasteiger partial charge in [0.15, 0.2) is 5.16 Å². The van der Waals surface area contributed by atoms with Crippen molar-refractivity contribution in [1.82, 2.24) is 9.97 Å². The predicted molar refractivity (Wildman–Crippen MR) is 97.6 cm³/mol. The average Bonchev–Trinajstić information content (AvgIpc) is 2.92. The Labute approximate surface area is 143 Å². The number of nitrogens with zero attached hydrogens (tertiary/aromatic N) is 1. The molecule has 0 fully saturated rings. The largest absolute Gasteiger partial charge is 0.301 e. The molecule has 0 saturated heterocycles. The first-order chi connectivity index (χ1) is 11.2. The number of hydrogen-bond acceptors (Lipinski definition) is 4. The fourth-order valence-corrected chi connectivity index (χ4v) is 5.29. The topological polar surface area (TPSA) is 45.8 Å². The van der Waals surface area contributed by atoms with Gasteiger partial charge in [0.1, 0.15) is 4.83 Å². The van der Waals surface area contributed by atoms with Gasteiger partial charge in [-0.05, 0) is 43.7 Å². The van der Waals surface area contributed by atoms with E-state index in [2.05, 4.69) is 36.2 Å². The van der Waals surface area contributed by atoms with Gasteiger partial charge >= 0.3 is 0 Å². The molecular formula is C18H18N2OS2. The molecule has 23 heavy (non-hydrogen) atoms. The summed E-state index contributed by atoms with van der Waals surface area (Å²) in [5, 5.41) is 1.56. The number of H-pyrrole nitrogens is 1. The van der Waals surface area contributed by atoms with Crippen LogP contribution >= 0.6 is 23.1 Å². The Hall–Kier alpha value is -1.59. The van der Waals surface area contributed by atoms with Crippen molar-refractivity contribution < 1.29 is 0 Å². The number of aromatic nitrogens is 2. The number of aryl methyl sites for hydroxylation is 3. The Morgan fingerprint density at radius 2 is 2.17 bits per heavy atom. The zero-order chi connectivity index (χ0) is 15.8. The van der Waals surface area contributed by atoms with Crippen LogP contribution in [0.1, 0.15) is 34.4 Å². The summed E-state index contributed by atoms with van der Waals surface area (Å²) in [6.07, 6.45) is 4.53. The summed E-state index contributed by atoms with van der Waals surface area (Å²) in [6, 6.07) is 8.45. The molecule has 0 bridgehead atoms. The van der Waals surface area contributed by atoms with Crippen LogP contribution in [-0.2, 0) is 18.6 Å². The Balaban J connectivity index is 1.65. The molecular weight excluding hydrogens is 324 g/mol. The third-order valence-corrected chi connectivity index (χ3v) is 6.39. The van der Waals surface area contributed by atoms with Crippen molar-refractivity contribution >= 4 is 33.3 Å². The van der Waals surface area contributed by atoms with E-state index in [-0.39, 0.29) is 5.56 Å². The Morgan fingerprint density at radius 1 is 1.30 bits per heavy atom. The lowest BCUT2D eigenvalue weighted by Crippen LogP contribution is -2.10. The number of thioether (sulfide) groups is 1. The minimum Gasteiger partial charge on any atom is -0.301 e. The molecule has 4 rings (SSSR count). The minimum absolute atomic E-state index is 0.0288. The van der Waals surface area contributed by atoms with Gasteiger partial charge in [-0.2, -0.15) is 0 Å². The van der Waals surface area contributed by atoms with Crippen LogP contribution in [0.5, 0.6) is 0 Å². The first-order valence-corrected chi connectivity index (χ1v) is 9.74. The highest BCUT2D eigenvalue weighted by molar-refractivity contribution is 7.98. The summed E-state index contributed by atoms with van der Waals surface area (Å²) in [7, 11) is 0. The highest BCUT2D eigenvalue weighted by Gasteiger charge is 2.19. The first kappa shape index (κ1) is 15.0. The maximum Gasteiger partial charge on any atom is 0.260 e. The van der Waals surface area contributed by atoms with Crippen LogP contribution in [0.2, 0.25) is 0 Å². The molecule has 3 aromatic rings. The van der Waals surface area contributed by atoms with E-state index >= 15 is 0 Å². The lowest BCUT2D eigenvalue weighted by Gasteiger charge is -2.09. The molecule has 2 aromatic heterocycles. The summed E-state index contributed by atoms with van der Waals surface area (Å²) in [6.45, 7) is 2.09. The van der Waals surface area contributed by atoms with E-state index < -0.39 is 0 Å². The maximum atomic E-state index is 12.5. The fourth-order valence-electron chi connectivity index (χ4n) is 3.17. The van der Waals surface area contributed by atoms with Crippen LogP contribution in [0.15, 0.2) is 34.2 Å². The molecule has 0 amide bonds. The second kappa shape index (κ2) is 6.13. The number of aromatic amines is 1. The molecule has 1 aliphatic rings. The van der Waals surface area contributed by atoms with Gasteiger partial charge < -0.3 is 4.98 Å². The zero-order valence-corrected chi connectivity index (χ0v) is 14.6. The van der Waals surface area contributed by atoms with Crippen molar-refractivity contribution in [2.24, 2.45) is 0 Å². The van der Waals surface area contributed by atoms with Crippen molar-refractivity contribution in [1.29, 1.82) is 0 Å². The van der Waals surface area contributed by atoms with Gasteiger partial charge in [-0.3, -0.25) is 4.79 Å². The van der Waals surface area contributed by atoms with Gasteiger partial charge in [0.2, 0.25) is 0 Å². The van der Waals surface area contributed by atoms with Gasteiger partial charge in [-0.1, -0.05) is 41.6 Å². The van der Waals surface area contributed by atoms with Crippen LogP contribution in [0, 0.1) is 6.92 Å². The van der Waals surface area contributed by atoms with Crippen molar-refractivity contribution in [2.45, 2.75) is 43.5 Å². The van der Waals surface area contributed by atoms with E-state index in [4.69, 9.17) is 4.98 Å². The summed E-state index contributed by atoms with van der Waals surface area (Å²) < 4.78 is 0. The number of hydrogen-bond donors (Lipinski definition) is 1. The van der Waals surface area contributed by atoms with Crippen molar-refractivity contribution in [3.8, 4) is 0 Å². The van der Waals surface area contributed by atoms with E-state index in [0.29, 0.717) is 0 Å². The second-order valence-electron chi connectivity index (χ2n) is 6.04. The van der Waals surface area contributed by atoms with E-state index in [1.54, 1.807) is 23.1 Å². The van der Waals surface area contributed by atoms with Gasteiger partial charge in [-0.15, -0.1) is 11.3 Å².